The SMILES string of the molecule is Bc1c(B)c(NC(=O)CCN(CCCCCCNC(=O)CC)C(=O)CCCC)c(B)c(B)c1O. The van der Waals surface area contributed by atoms with E-state index < -0.39 is 0 Å². The van der Waals surface area contributed by atoms with Crippen LogP contribution >= 0.6 is 0 Å². The number of anilines is 1. The second-order valence-corrected chi connectivity index (χ2v) is 9.12. The maximum Gasteiger partial charge on any atom is 0.226 e. The summed E-state index contributed by atoms with van der Waals surface area (Å²) in [7, 11) is 7.48. The first kappa shape index (κ1) is 29.7. The highest BCUT2D eigenvalue weighted by Gasteiger charge is 2.17. The second-order valence-electron chi connectivity index (χ2n) is 9.12. The number of phenolic OH excluding ortho intramolecular Hbond substituents is 1. The molecule has 0 aliphatic carbocycles. The van der Waals surface area contributed by atoms with Gasteiger partial charge >= 0.3 is 0 Å². The van der Waals surface area contributed by atoms with E-state index in [1.165, 1.54) is 0 Å². The van der Waals surface area contributed by atoms with E-state index in [2.05, 4.69) is 17.6 Å². The number of hydrogen-bond acceptors (Lipinski definition) is 4. The van der Waals surface area contributed by atoms with Crippen molar-refractivity contribution in [3.63, 3.8) is 0 Å². The first-order valence-corrected chi connectivity index (χ1v) is 12.8. The van der Waals surface area contributed by atoms with Crippen molar-refractivity contribution in [3.8, 4) is 5.75 Å². The molecule has 7 nitrogen and oxygen atoms in total. The average molecular weight is 467 g/mol. The van der Waals surface area contributed by atoms with Crippen LogP contribution in [-0.4, -0.2) is 78.7 Å². The molecular formula is C23H41B4N3O4. The van der Waals surface area contributed by atoms with E-state index >= 15 is 0 Å². The summed E-state index contributed by atoms with van der Waals surface area (Å²) in [5.74, 6) is 0.326. The molecule has 0 saturated carbocycles. The van der Waals surface area contributed by atoms with E-state index in [4.69, 9.17) is 0 Å². The molecule has 0 spiro atoms. The number of nitrogens with one attached hydrogen (secondary N) is 2. The van der Waals surface area contributed by atoms with Gasteiger partial charge in [-0.3, -0.25) is 14.4 Å². The van der Waals surface area contributed by atoms with Gasteiger partial charge in [0.25, 0.3) is 0 Å². The van der Waals surface area contributed by atoms with Crippen molar-refractivity contribution in [3.05, 3.63) is 0 Å². The third-order valence-electron chi connectivity index (χ3n) is 6.55. The van der Waals surface area contributed by atoms with Crippen LogP contribution in [0.1, 0.15) is 71.6 Å². The summed E-state index contributed by atoms with van der Waals surface area (Å²) in [5.41, 5.74) is 4.00. The molecule has 0 unspecified atom stereocenters. The van der Waals surface area contributed by atoms with E-state index in [0.717, 1.165) is 66.1 Å². The molecule has 1 aromatic rings. The summed E-state index contributed by atoms with van der Waals surface area (Å²) in [5, 5.41) is 16.1. The Kier molecular flexibility index (Phi) is 13.6. The number of amides is 3. The number of unbranched alkanes of at least 4 members (excludes halogenated alkanes) is 4. The minimum Gasteiger partial charge on any atom is -0.509 e. The number of hydrogen-bond donors (Lipinski definition) is 3. The molecule has 0 aliphatic heterocycles. The van der Waals surface area contributed by atoms with Crippen molar-refractivity contribution in [1.82, 2.24) is 10.2 Å². The number of carbonyl (C=O) groups excluding carboxylic acids is 3. The summed E-state index contributed by atoms with van der Waals surface area (Å²) in [4.78, 5) is 38.5. The lowest BCUT2D eigenvalue weighted by atomic mass is 9.68. The van der Waals surface area contributed by atoms with Crippen LogP contribution in [0.5, 0.6) is 5.75 Å². The number of rotatable bonds is 15. The Bertz CT molecular complexity index is 823. The van der Waals surface area contributed by atoms with E-state index in [1.54, 1.807) is 0 Å². The molecule has 34 heavy (non-hydrogen) atoms. The maximum atomic E-state index is 12.7. The van der Waals surface area contributed by atoms with Crippen LogP contribution in [0.15, 0.2) is 0 Å². The van der Waals surface area contributed by atoms with Gasteiger partial charge in [0, 0.05) is 44.6 Å². The highest BCUT2D eigenvalue weighted by Crippen LogP contribution is 2.08. The Labute approximate surface area is 208 Å². The molecule has 3 N–H and O–H groups in total. The van der Waals surface area contributed by atoms with Gasteiger partial charge in [0.15, 0.2) is 0 Å². The Hall–Kier alpha value is -2.31. The van der Waals surface area contributed by atoms with Gasteiger partial charge < -0.3 is 20.6 Å². The molecule has 0 radical (unpaired) electrons. The van der Waals surface area contributed by atoms with Gasteiger partial charge in [-0.05, 0) is 19.3 Å². The van der Waals surface area contributed by atoms with Gasteiger partial charge in [-0.15, -0.1) is 0 Å². The summed E-state index contributed by atoms with van der Waals surface area (Å²) >= 11 is 0. The van der Waals surface area contributed by atoms with Gasteiger partial charge in [0.2, 0.25) is 17.7 Å². The highest BCUT2D eigenvalue weighted by molar-refractivity contribution is 6.61. The standard InChI is InChI=1S/C23H41B4N3O4/c1-3-5-10-17(33)30(13-9-7-6-8-12-28-15(31)4-2)14-11-16(32)29-22-18(24)20(26)23(34)21(27)19(22)25/h34H,3-14,24-27H2,1-2H3,(H,28,31)(H,29,32). The minimum absolute atomic E-state index is 0.0778. The highest BCUT2D eigenvalue weighted by atomic mass is 16.3. The molecule has 1 rings (SSSR count). The van der Waals surface area contributed by atoms with Crippen molar-refractivity contribution in [2.45, 2.75) is 71.6 Å². The summed E-state index contributed by atoms with van der Waals surface area (Å²) in [6.07, 6.45) is 6.86. The van der Waals surface area contributed by atoms with E-state index in [-0.39, 0.29) is 29.9 Å². The molecule has 184 valence electrons. The quantitative estimate of drug-likeness (QED) is 0.145. The van der Waals surface area contributed by atoms with Crippen molar-refractivity contribution in [2.24, 2.45) is 0 Å². The zero-order chi connectivity index (χ0) is 25.7. The third kappa shape index (κ3) is 9.51. The first-order valence-electron chi connectivity index (χ1n) is 12.8. The van der Waals surface area contributed by atoms with Crippen LogP contribution in [0.3, 0.4) is 0 Å². The lowest BCUT2D eigenvalue weighted by Gasteiger charge is -2.23. The molecular weight excluding hydrogens is 426 g/mol. The second kappa shape index (κ2) is 15.6. The summed E-state index contributed by atoms with van der Waals surface area (Å²) in [6, 6.07) is 0. The van der Waals surface area contributed by atoms with Gasteiger partial charge in [-0.1, -0.05) is 55.0 Å². The molecule has 3 amide bonds. The normalized spacial score (nSPS) is 10.6. The monoisotopic (exact) mass is 467 g/mol. The smallest absolute Gasteiger partial charge is 0.226 e. The molecule has 0 atom stereocenters. The molecule has 0 heterocycles. The molecule has 11 heteroatoms. The van der Waals surface area contributed by atoms with Crippen molar-refractivity contribution in [2.75, 3.05) is 25.0 Å². The fraction of sp³-hybridized carbons (Fsp3) is 0.609. The largest absolute Gasteiger partial charge is 0.509 e. The number of benzene rings is 1. The van der Waals surface area contributed by atoms with Crippen LogP contribution < -0.4 is 32.5 Å². The van der Waals surface area contributed by atoms with Crippen LogP contribution in [0.25, 0.3) is 0 Å². The maximum absolute atomic E-state index is 12.7. The van der Waals surface area contributed by atoms with Crippen molar-refractivity contribution >= 4 is 76.6 Å². The topological polar surface area (TPSA) is 98.7 Å². The van der Waals surface area contributed by atoms with Gasteiger partial charge in [-0.25, -0.2) is 0 Å². The van der Waals surface area contributed by atoms with Crippen LogP contribution in [0.2, 0.25) is 0 Å². The first-order chi connectivity index (χ1) is 16.1. The molecule has 1 aromatic carbocycles. The minimum atomic E-state index is -0.129. The molecule has 0 fully saturated rings. The van der Waals surface area contributed by atoms with E-state index in [9.17, 15) is 19.5 Å². The van der Waals surface area contributed by atoms with Crippen molar-refractivity contribution in [1.29, 1.82) is 0 Å². The fourth-order valence-corrected chi connectivity index (χ4v) is 3.90. The molecule has 0 aliphatic rings. The lowest BCUT2D eigenvalue weighted by molar-refractivity contribution is -0.132. The number of carbonyl (C=O) groups is 3. The predicted molar refractivity (Wildman–Crippen MR) is 152 cm³/mol. The Balaban J connectivity index is 2.62. The van der Waals surface area contributed by atoms with E-state index in [0.29, 0.717) is 32.5 Å². The Morgan fingerprint density at radius 2 is 1.41 bits per heavy atom. The summed E-state index contributed by atoms with van der Waals surface area (Å²) < 4.78 is 0. The van der Waals surface area contributed by atoms with Crippen molar-refractivity contribution < 1.29 is 19.5 Å². The third-order valence-corrected chi connectivity index (χ3v) is 6.55. The summed E-state index contributed by atoms with van der Waals surface area (Å²) in [6.45, 7) is 5.65. The number of nitrogens with zero attached hydrogens (tertiary/aromatic N) is 1. The van der Waals surface area contributed by atoms with Crippen LogP contribution in [0, 0.1) is 0 Å². The zero-order valence-electron chi connectivity index (χ0n) is 22.1. The van der Waals surface area contributed by atoms with Crippen LogP contribution in [-0.2, 0) is 14.4 Å². The Morgan fingerprint density at radius 1 is 0.794 bits per heavy atom. The fourth-order valence-electron chi connectivity index (χ4n) is 3.90. The van der Waals surface area contributed by atoms with Gasteiger partial charge in [-0.2, -0.15) is 0 Å². The lowest BCUT2D eigenvalue weighted by Crippen LogP contribution is -2.44. The predicted octanol–water partition coefficient (Wildman–Crippen LogP) is -3.14. The Morgan fingerprint density at radius 3 is 2.00 bits per heavy atom. The van der Waals surface area contributed by atoms with Gasteiger partial charge in [0.05, 0.1) is 0 Å². The molecule has 0 saturated heterocycles. The number of phenols is 1. The van der Waals surface area contributed by atoms with E-state index in [1.807, 2.05) is 43.2 Å². The van der Waals surface area contributed by atoms with Crippen LogP contribution in [0.4, 0.5) is 5.69 Å². The zero-order valence-corrected chi connectivity index (χ0v) is 22.1. The molecule has 0 aromatic heterocycles. The average Bonchev–Trinajstić information content (AvgIpc) is 2.83. The molecule has 0 bridgehead atoms. The van der Waals surface area contributed by atoms with Gasteiger partial charge in [0.1, 0.15) is 37.1 Å². The number of aromatic hydroxyl groups is 1.